The third-order valence-corrected chi connectivity index (χ3v) is 4.85. The zero-order valence-electron chi connectivity index (χ0n) is 13.9. The van der Waals surface area contributed by atoms with Gasteiger partial charge in [0.1, 0.15) is 5.75 Å². The number of anilines is 1. The van der Waals surface area contributed by atoms with Crippen molar-refractivity contribution < 1.29 is 9.53 Å². The number of aromatic nitrogens is 4. The van der Waals surface area contributed by atoms with Crippen molar-refractivity contribution in [1.29, 1.82) is 0 Å². The summed E-state index contributed by atoms with van der Waals surface area (Å²) in [6.45, 7) is 3.65. The molecule has 2 aromatic heterocycles. The number of methoxy groups -OCH3 is 1. The predicted molar refractivity (Wildman–Crippen MR) is 97.5 cm³/mol. The molecule has 130 valence electrons. The molecule has 0 bridgehead atoms. The van der Waals surface area contributed by atoms with Gasteiger partial charge in [-0.1, -0.05) is 23.4 Å². The molecule has 0 saturated heterocycles. The van der Waals surface area contributed by atoms with Crippen LogP contribution in [0.5, 0.6) is 5.75 Å². The fourth-order valence-electron chi connectivity index (χ4n) is 2.14. The molecule has 0 aliphatic carbocycles. The highest BCUT2D eigenvalue weighted by Gasteiger charge is 2.19. The number of benzene rings is 1. The van der Waals surface area contributed by atoms with Crippen molar-refractivity contribution in [2.75, 3.05) is 12.4 Å². The second-order valence-electron chi connectivity index (χ2n) is 5.31. The number of thioether (sulfide) groups is 1. The van der Waals surface area contributed by atoms with E-state index in [1.807, 2.05) is 6.92 Å². The Hall–Kier alpha value is -2.32. The number of nitrogens with one attached hydrogen (secondary N) is 1. The number of carbonyl (C=O) groups excluding carboxylic acids is 1. The number of nitrogens with zero attached hydrogens (tertiary/aromatic N) is 4. The summed E-state index contributed by atoms with van der Waals surface area (Å²) in [7, 11) is 1.53. The monoisotopic (exact) mass is 377 g/mol. The molecule has 3 rings (SSSR count). The van der Waals surface area contributed by atoms with E-state index in [0.717, 1.165) is 5.56 Å². The number of hydrogen-bond donors (Lipinski definition) is 1. The van der Waals surface area contributed by atoms with E-state index in [1.165, 1.54) is 18.9 Å². The average molecular weight is 378 g/mol. The van der Waals surface area contributed by atoms with Gasteiger partial charge in [-0.25, -0.2) is 9.50 Å². The zero-order valence-corrected chi connectivity index (χ0v) is 15.4. The van der Waals surface area contributed by atoms with Gasteiger partial charge < -0.3 is 10.1 Å². The van der Waals surface area contributed by atoms with E-state index in [4.69, 9.17) is 16.3 Å². The quantitative estimate of drug-likeness (QED) is 0.687. The minimum Gasteiger partial charge on any atom is -0.495 e. The molecular formula is C16H16ClN5O2S. The first-order valence-electron chi connectivity index (χ1n) is 7.47. The van der Waals surface area contributed by atoms with Crippen LogP contribution in [-0.4, -0.2) is 37.8 Å². The maximum Gasteiger partial charge on any atom is 0.253 e. The largest absolute Gasteiger partial charge is 0.495 e. The highest BCUT2D eigenvalue weighted by Crippen LogP contribution is 2.31. The second-order valence-corrected chi connectivity index (χ2v) is 7.02. The van der Waals surface area contributed by atoms with Crippen LogP contribution in [0.1, 0.15) is 12.5 Å². The molecule has 0 aliphatic rings. The molecule has 9 heteroatoms. The Morgan fingerprint density at radius 2 is 2.24 bits per heavy atom. The van der Waals surface area contributed by atoms with Gasteiger partial charge in [0.05, 0.1) is 18.0 Å². The number of amides is 1. The summed E-state index contributed by atoms with van der Waals surface area (Å²) in [5.74, 6) is 0.820. The minimum absolute atomic E-state index is 0.183. The van der Waals surface area contributed by atoms with Crippen LogP contribution >= 0.6 is 23.4 Å². The lowest BCUT2D eigenvalue weighted by Gasteiger charge is -2.14. The van der Waals surface area contributed by atoms with Gasteiger partial charge in [0.15, 0.2) is 0 Å². The van der Waals surface area contributed by atoms with Crippen LogP contribution in [0.15, 0.2) is 35.7 Å². The number of fused-ring (bicyclic) bond motifs is 1. The van der Waals surface area contributed by atoms with Crippen LogP contribution in [0.2, 0.25) is 5.02 Å². The Morgan fingerprint density at radius 3 is 2.96 bits per heavy atom. The summed E-state index contributed by atoms with van der Waals surface area (Å²) in [6, 6.07) is 5.23. The van der Waals surface area contributed by atoms with Gasteiger partial charge in [0.2, 0.25) is 11.1 Å². The Balaban J connectivity index is 1.73. The molecule has 0 radical (unpaired) electrons. The second kappa shape index (κ2) is 7.28. The molecular weight excluding hydrogens is 362 g/mol. The Bertz CT molecular complexity index is 897. The lowest BCUT2D eigenvalue weighted by atomic mass is 10.2. The Kier molecular flexibility index (Phi) is 5.10. The molecule has 0 spiro atoms. The first-order valence-corrected chi connectivity index (χ1v) is 8.72. The molecule has 0 fully saturated rings. The van der Waals surface area contributed by atoms with Crippen LogP contribution in [0.4, 0.5) is 5.69 Å². The highest BCUT2D eigenvalue weighted by atomic mass is 35.5. The molecule has 25 heavy (non-hydrogen) atoms. The molecule has 3 aromatic rings. The van der Waals surface area contributed by atoms with Gasteiger partial charge in [0, 0.05) is 23.5 Å². The van der Waals surface area contributed by atoms with E-state index >= 15 is 0 Å². The molecule has 0 saturated carbocycles. The fraction of sp³-hybridized carbons (Fsp3) is 0.250. The summed E-state index contributed by atoms with van der Waals surface area (Å²) < 4.78 is 6.85. The van der Waals surface area contributed by atoms with E-state index < -0.39 is 5.25 Å². The van der Waals surface area contributed by atoms with Gasteiger partial charge in [-0.15, -0.1) is 5.10 Å². The molecule has 1 amide bonds. The smallest absolute Gasteiger partial charge is 0.253 e. The number of hydrogen-bond acceptors (Lipinski definition) is 6. The van der Waals surface area contributed by atoms with Crippen molar-refractivity contribution in [3.8, 4) is 5.75 Å². The van der Waals surface area contributed by atoms with Crippen molar-refractivity contribution in [1.82, 2.24) is 19.6 Å². The SMILES string of the molecule is COc1cc(Cl)c(C)cc1NC(=O)[C@@H](C)Sc1nc2ncccn2n1. The fourth-order valence-corrected chi connectivity index (χ4v) is 3.04. The number of rotatable bonds is 5. The van der Waals surface area contributed by atoms with Crippen LogP contribution in [-0.2, 0) is 4.79 Å². The van der Waals surface area contributed by atoms with Gasteiger partial charge in [-0.2, -0.15) is 4.98 Å². The third-order valence-electron chi connectivity index (χ3n) is 3.49. The number of halogens is 1. The van der Waals surface area contributed by atoms with Gasteiger partial charge in [-0.05, 0) is 31.5 Å². The van der Waals surface area contributed by atoms with Crippen molar-refractivity contribution in [3.63, 3.8) is 0 Å². The summed E-state index contributed by atoms with van der Waals surface area (Å²) in [5.41, 5.74) is 1.43. The predicted octanol–water partition coefficient (Wildman–Crippen LogP) is 3.21. The molecule has 1 atom stereocenters. The summed E-state index contributed by atoms with van der Waals surface area (Å²) in [5, 5.41) is 7.81. The van der Waals surface area contributed by atoms with E-state index in [2.05, 4.69) is 20.4 Å². The van der Waals surface area contributed by atoms with E-state index in [0.29, 0.717) is 27.4 Å². The number of ether oxygens (including phenoxy) is 1. The molecule has 7 nitrogen and oxygen atoms in total. The van der Waals surface area contributed by atoms with E-state index in [1.54, 1.807) is 42.0 Å². The summed E-state index contributed by atoms with van der Waals surface area (Å²) in [4.78, 5) is 20.9. The summed E-state index contributed by atoms with van der Waals surface area (Å²) in [6.07, 6.45) is 3.40. The minimum atomic E-state index is -0.405. The van der Waals surface area contributed by atoms with Crippen molar-refractivity contribution in [3.05, 3.63) is 41.2 Å². The molecule has 2 heterocycles. The molecule has 0 unspecified atom stereocenters. The van der Waals surface area contributed by atoms with Crippen LogP contribution in [0.25, 0.3) is 5.78 Å². The molecule has 0 aliphatic heterocycles. The Morgan fingerprint density at radius 1 is 1.44 bits per heavy atom. The van der Waals surface area contributed by atoms with Crippen LogP contribution < -0.4 is 10.1 Å². The van der Waals surface area contributed by atoms with Crippen LogP contribution in [0.3, 0.4) is 0 Å². The maximum atomic E-state index is 12.5. The van der Waals surface area contributed by atoms with Crippen molar-refractivity contribution >= 4 is 40.7 Å². The topological polar surface area (TPSA) is 81.4 Å². The van der Waals surface area contributed by atoms with Crippen LogP contribution in [0, 0.1) is 6.92 Å². The summed E-state index contributed by atoms with van der Waals surface area (Å²) >= 11 is 7.34. The lowest BCUT2D eigenvalue weighted by Crippen LogP contribution is -2.23. The van der Waals surface area contributed by atoms with Gasteiger partial charge in [-0.3, -0.25) is 4.79 Å². The Labute approximate surface area is 153 Å². The molecule has 1 aromatic carbocycles. The third kappa shape index (κ3) is 3.85. The highest BCUT2D eigenvalue weighted by molar-refractivity contribution is 8.00. The van der Waals surface area contributed by atoms with E-state index in [9.17, 15) is 4.79 Å². The zero-order chi connectivity index (χ0) is 18.0. The van der Waals surface area contributed by atoms with Crippen molar-refractivity contribution in [2.24, 2.45) is 0 Å². The molecule has 1 N–H and O–H groups in total. The first-order chi connectivity index (χ1) is 12.0. The average Bonchev–Trinajstić information content (AvgIpc) is 3.00. The van der Waals surface area contributed by atoms with Gasteiger partial charge >= 0.3 is 0 Å². The van der Waals surface area contributed by atoms with Crippen molar-refractivity contribution in [2.45, 2.75) is 24.3 Å². The maximum absolute atomic E-state index is 12.5. The normalized spacial score (nSPS) is 12.2. The van der Waals surface area contributed by atoms with E-state index in [-0.39, 0.29) is 5.91 Å². The number of aryl methyl sites for hydroxylation is 1. The lowest BCUT2D eigenvalue weighted by molar-refractivity contribution is -0.115. The standard InChI is InChI=1S/C16H16ClN5O2S/c1-9-7-12(13(24-3)8-11(9)17)19-14(23)10(2)25-16-20-15-18-5-4-6-22(15)21-16/h4-8,10H,1-3H3,(H,19,23)/t10-/m1/s1. The van der Waals surface area contributed by atoms with Gasteiger partial charge in [0.25, 0.3) is 5.78 Å². The first kappa shape index (κ1) is 17.5. The number of carbonyl (C=O) groups is 1.